The fourth-order valence-corrected chi connectivity index (χ4v) is 2.12. The number of rotatable bonds is 9. The summed E-state index contributed by atoms with van der Waals surface area (Å²) in [7, 11) is 3.16. The van der Waals surface area contributed by atoms with Crippen molar-refractivity contribution in [3.63, 3.8) is 0 Å². The standard InChI is InChI=1S/C19H22N2O4/c1-4-11-25-15-7-5-14(6-8-15)21-19(22)13-20-17-12-16(23-2)9-10-18(17)24-3/h4-10,12,20H,1,11,13H2,2-3H3,(H,21,22). The molecule has 132 valence electrons. The number of carbonyl (C=O) groups is 1. The number of methoxy groups -OCH3 is 2. The van der Waals surface area contributed by atoms with Crippen LogP contribution >= 0.6 is 0 Å². The Balaban J connectivity index is 1.91. The van der Waals surface area contributed by atoms with Crippen LogP contribution < -0.4 is 24.8 Å². The zero-order valence-corrected chi connectivity index (χ0v) is 14.4. The molecule has 25 heavy (non-hydrogen) atoms. The number of benzene rings is 2. The molecule has 2 aromatic rings. The van der Waals surface area contributed by atoms with Gasteiger partial charge in [0.25, 0.3) is 0 Å². The number of ether oxygens (including phenoxy) is 3. The van der Waals surface area contributed by atoms with E-state index in [1.165, 1.54) is 0 Å². The molecule has 0 aliphatic rings. The molecule has 2 aromatic carbocycles. The Labute approximate surface area is 147 Å². The molecule has 2 rings (SSSR count). The summed E-state index contributed by atoms with van der Waals surface area (Å²) >= 11 is 0. The number of hydrogen-bond acceptors (Lipinski definition) is 5. The summed E-state index contributed by atoms with van der Waals surface area (Å²) in [6.45, 7) is 4.13. The summed E-state index contributed by atoms with van der Waals surface area (Å²) in [6, 6.07) is 12.5. The van der Waals surface area contributed by atoms with Gasteiger partial charge in [0, 0.05) is 11.8 Å². The summed E-state index contributed by atoms with van der Waals surface area (Å²) in [6.07, 6.45) is 1.67. The number of nitrogens with one attached hydrogen (secondary N) is 2. The van der Waals surface area contributed by atoms with Crippen molar-refractivity contribution in [3.05, 3.63) is 55.1 Å². The van der Waals surface area contributed by atoms with Gasteiger partial charge in [-0.2, -0.15) is 0 Å². The molecule has 0 fully saturated rings. The Morgan fingerprint density at radius 3 is 2.44 bits per heavy atom. The summed E-state index contributed by atoms with van der Waals surface area (Å²) in [4.78, 5) is 12.1. The smallest absolute Gasteiger partial charge is 0.243 e. The van der Waals surface area contributed by atoms with E-state index in [1.54, 1.807) is 62.8 Å². The number of hydrogen-bond donors (Lipinski definition) is 2. The van der Waals surface area contributed by atoms with Crippen LogP contribution in [-0.4, -0.2) is 33.3 Å². The predicted octanol–water partition coefficient (Wildman–Crippen LogP) is 3.32. The van der Waals surface area contributed by atoms with Crippen LogP contribution in [0.1, 0.15) is 0 Å². The summed E-state index contributed by atoms with van der Waals surface area (Å²) in [5, 5.41) is 5.86. The topological polar surface area (TPSA) is 68.8 Å². The van der Waals surface area contributed by atoms with Gasteiger partial charge in [-0.3, -0.25) is 4.79 Å². The lowest BCUT2D eigenvalue weighted by Gasteiger charge is -2.13. The first-order valence-corrected chi connectivity index (χ1v) is 7.75. The zero-order valence-electron chi connectivity index (χ0n) is 14.4. The highest BCUT2D eigenvalue weighted by molar-refractivity contribution is 5.94. The second-order valence-electron chi connectivity index (χ2n) is 5.09. The molecule has 0 bridgehead atoms. The normalized spacial score (nSPS) is 9.84. The Hall–Kier alpha value is -3.15. The third kappa shape index (κ3) is 5.46. The van der Waals surface area contributed by atoms with E-state index in [9.17, 15) is 4.79 Å². The maximum absolute atomic E-state index is 12.1. The first-order chi connectivity index (χ1) is 12.2. The van der Waals surface area contributed by atoms with E-state index in [-0.39, 0.29) is 12.5 Å². The van der Waals surface area contributed by atoms with E-state index in [1.807, 2.05) is 0 Å². The van der Waals surface area contributed by atoms with Crippen LogP contribution in [0.3, 0.4) is 0 Å². The lowest BCUT2D eigenvalue weighted by atomic mass is 10.2. The third-order valence-electron chi connectivity index (χ3n) is 3.35. The third-order valence-corrected chi connectivity index (χ3v) is 3.35. The van der Waals surface area contributed by atoms with Crippen molar-refractivity contribution in [1.82, 2.24) is 0 Å². The average molecular weight is 342 g/mol. The highest BCUT2D eigenvalue weighted by atomic mass is 16.5. The van der Waals surface area contributed by atoms with Crippen LogP contribution in [0, 0.1) is 0 Å². The van der Waals surface area contributed by atoms with Crippen molar-refractivity contribution in [3.8, 4) is 17.2 Å². The molecule has 2 N–H and O–H groups in total. The van der Waals surface area contributed by atoms with Gasteiger partial charge in [-0.25, -0.2) is 0 Å². The van der Waals surface area contributed by atoms with Gasteiger partial charge in [0.1, 0.15) is 23.9 Å². The van der Waals surface area contributed by atoms with Crippen LogP contribution in [0.4, 0.5) is 11.4 Å². The fourth-order valence-electron chi connectivity index (χ4n) is 2.12. The molecule has 0 saturated heterocycles. The van der Waals surface area contributed by atoms with Gasteiger partial charge in [0.05, 0.1) is 26.5 Å². The van der Waals surface area contributed by atoms with E-state index in [0.717, 1.165) is 5.75 Å². The summed E-state index contributed by atoms with van der Waals surface area (Å²) < 4.78 is 15.9. The van der Waals surface area contributed by atoms with Gasteiger partial charge in [-0.05, 0) is 36.4 Å². The maximum atomic E-state index is 12.1. The highest BCUT2D eigenvalue weighted by Crippen LogP contribution is 2.28. The van der Waals surface area contributed by atoms with E-state index in [4.69, 9.17) is 14.2 Å². The average Bonchev–Trinajstić information content (AvgIpc) is 2.65. The molecule has 0 aliphatic heterocycles. The molecular weight excluding hydrogens is 320 g/mol. The molecule has 0 unspecified atom stereocenters. The minimum Gasteiger partial charge on any atom is -0.497 e. The first kappa shape index (κ1) is 18.2. The molecule has 0 spiro atoms. The number of anilines is 2. The highest BCUT2D eigenvalue weighted by Gasteiger charge is 2.08. The number of carbonyl (C=O) groups excluding carboxylic acids is 1. The molecule has 1 amide bonds. The molecule has 0 heterocycles. The van der Waals surface area contributed by atoms with Crippen LogP contribution in [0.25, 0.3) is 0 Å². The van der Waals surface area contributed by atoms with E-state index in [2.05, 4.69) is 17.2 Å². The Kier molecular flexibility index (Phi) is 6.71. The predicted molar refractivity (Wildman–Crippen MR) is 98.8 cm³/mol. The van der Waals surface area contributed by atoms with Gasteiger partial charge in [0.15, 0.2) is 0 Å². The van der Waals surface area contributed by atoms with Crippen molar-refractivity contribution in [1.29, 1.82) is 0 Å². The molecular formula is C19H22N2O4. The van der Waals surface area contributed by atoms with Crippen LogP contribution in [-0.2, 0) is 4.79 Å². The Bertz CT molecular complexity index is 714. The zero-order chi connectivity index (χ0) is 18.1. The van der Waals surface area contributed by atoms with Crippen molar-refractivity contribution >= 4 is 17.3 Å². The lowest BCUT2D eigenvalue weighted by Crippen LogP contribution is -2.21. The Morgan fingerprint density at radius 2 is 1.80 bits per heavy atom. The lowest BCUT2D eigenvalue weighted by molar-refractivity contribution is -0.114. The molecule has 0 aliphatic carbocycles. The fraction of sp³-hybridized carbons (Fsp3) is 0.211. The molecule has 0 aromatic heterocycles. The van der Waals surface area contributed by atoms with E-state index in [0.29, 0.717) is 29.5 Å². The quantitative estimate of drug-likeness (QED) is 0.684. The maximum Gasteiger partial charge on any atom is 0.243 e. The van der Waals surface area contributed by atoms with Crippen LogP contribution in [0.2, 0.25) is 0 Å². The van der Waals surface area contributed by atoms with E-state index < -0.39 is 0 Å². The van der Waals surface area contributed by atoms with Gasteiger partial charge >= 0.3 is 0 Å². The second kappa shape index (κ2) is 9.22. The van der Waals surface area contributed by atoms with Gasteiger partial charge in [-0.15, -0.1) is 0 Å². The first-order valence-electron chi connectivity index (χ1n) is 7.75. The number of amides is 1. The van der Waals surface area contributed by atoms with Crippen LogP contribution in [0.15, 0.2) is 55.1 Å². The van der Waals surface area contributed by atoms with Crippen LogP contribution in [0.5, 0.6) is 17.2 Å². The van der Waals surface area contributed by atoms with E-state index >= 15 is 0 Å². The SMILES string of the molecule is C=CCOc1ccc(NC(=O)CNc2cc(OC)ccc2OC)cc1. The van der Waals surface area contributed by atoms with Gasteiger partial charge in [0.2, 0.25) is 5.91 Å². The van der Waals surface area contributed by atoms with Gasteiger partial charge < -0.3 is 24.8 Å². The molecule has 0 atom stereocenters. The van der Waals surface area contributed by atoms with Crippen molar-refractivity contribution in [2.75, 3.05) is 38.0 Å². The Morgan fingerprint density at radius 1 is 1.08 bits per heavy atom. The van der Waals surface area contributed by atoms with Crippen molar-refractivity contribution < 1.29 is 19.0 Å². The minimum absolute atomic E-state index is 0.0955. The largest absolute Gasteiger partial charge is 0.497 e. The van der Waals surface area contributed by atoms with Gasteiger partial charge in [-0.1, -0.05) is 12.7 Å². The van der Waals surface area contributed by atoms with Crippen molar-refractivity contribution in [2.24, 2.45) is 0 Å². The minimum atomic E-state index is -0.176. The van der Waals surface area contributed by atoms with Crippen molar-refractivity contribution in [2.45, 2.75) is 0 Å². The monoisotopic (exact) mass is 342 g/mol. The molecule has 6 nitrogen and oxygen atoms in total. The second-order valence-corrected chi connectivity index (χ2v) is 5.09. The molecule has 0 saturated carbocycles. The molecule has 6 heteroatoms. The summed E-state index contributed by atoms with van der Waals surface area (Å²) in [5.41, 5.74) is 1.38. The molecule has 0 radical (unpaired) electrons. The summed E-state index contributed by atoms with van der Waals surface area (Å²) in [5.74, 6) is 1.86.